The van der Waals surface area contributed by atoms with Crippen LogP contribution >= 0.6 is 0 Å². The van der Waals surface area contributed by atoms with Crippen LogP contribution in [0.4, 0.5) is 0 Å². The van der Waals surface area contributed by atoms with Crippen LogP contribution in [0.15, 0.2) is 0 Å². The van der Waals surface area contributed by atoms with Crippen molar-refractivity contribution in [3.05, 3.63) is 0 Å². The third-order valence-electron chi connectivity index (χ3n) is 3.22. The van der Waals surface area contributed by atoms with Crippen molar-refractivity contribution in [2.45, 2.75) is 63.7 Å². The highest BCUT2D eigenvalue weighted by atomic mass is 16.5. The van der Waals surface area contributed by atoms with Gasteiger partial charge in [-0.3, -0.25) is 5.32 Å². The number of aliphatic hydroxyl groups is 1. The number of hydrogen-bond donors (Lipinski definition) is 2. The molecule has 0 spiro atoms. The lowest BCUT2D eigenvalue weighted by Crippen LogP contribution is -2.43. The zero-order chi connectivity index (χ0) is 12.7. The summed E-state index contributed by atoms with van der Waals surface area (Å²) in [6.45, 7) is 4.71. The van der Waals surface area contributed by atoms with E-state index in [1.807, 2.05) is 13.8 Å². The lowest BCUT2D eigenvalue weighted by Gasteiger charge is -2.25. The largest absolute Gasteiger partial charge is 0.389 e. The lowest BCUT2D eigenvalue weighted by molar-refractivity contribution is -0.0239. The number of rotatable bonds is 6. The predicted octanol–water partition coefficient (Wildman–Crippen LogP) is 1.70. The van der Waals surface area contributed by atoms with Crippen molar-refractivity contribution >= 4 is 0 Å². The van der Waals surface area contributed by atoms with Crippen molar-refractivity contribution in [3.63, 3.8) is 0 Å². The summed E-state index contributed by atoms with van der Waals surface area (Å²) in [5.74, 6) is 2.64. The van der Waals surface area contributed by atoms with Crippen LogP contribution in [0.25, 0.3) is 0 Å². The SMILES string of the molecule is C#CC(C)(C)NCC(O)COC1CCCCC1. The third-order valence-corrected chi connectivity index (χ3v) is 3.22. The third kappa shape index (κ3) is 6.07. The molecule has 1 aliphatic rings. The second-order valence-electron chi connectivity index (χ2n) is 5.40. The highest BCUT2D eigenvalue weighted by Gasteiger charge is 2.18. The first-order chi connectivity index (χ1) is 8.03. The summed E-state index contributed by atoms with van der Waals surface area (Å²) < 4.78 is 5.70. The van der Waals surface area contributed by atoms with Gasteiger partial charge < -0.3 is 9.84 Å². The molecule has 0 aromatic heterocycles. The first-order valence-electron chi connectivity index (χ1n) is 6.56. The summed E-state index contributed by atoms with van der Waals surface area (Å²) in [7, 11) is 0. The van der Waals surface area contributed by atoms with Crippen molar-refractivity contribution in [2.24, 2.45) is 0 Å². The molecule has 17 heavy (non-hydrogen) atoms. The number of hydrogen-bond acceptors (Lipinski definition) is 3. The molecule has 0 bridgehead atoms. The molecule has 1 rings (SSSR count). The molecule has 3 nitrogen and oxygen atoms in total. The van der Waals surface area contributed by atoms with Crippen LogP contribution in [-0.2, 0) is 4.74 Å². The van der Waals surface area contributed by atoms with Crippen LogP contribution in [0, 0.1) is 12.3 Å². The molecule has 3 heteroatoms. The monoisotopic (exact) mass is 239 g/mol. The van der Waals surface area contributed by atoms with Gasteiger partial charge in [-0.15, -0.1) is 6.42 Å². The number of nitrogens with one attached hydrogen (secondary N) is 1. The van der Waals surface area contributed by atoms with E-state index in [0.717, 1.165) is 12.8 Å². The van der Waals surface area contributed by atoms with E-state index < -0.39 is 6.10 Å². The fourth-order valence-electron chi connectivity index (χ4n) is 1.96. The summed E-state index contributed by atoms with van der Waals surface area (Å²) >= 11 is 0. The molecule has 1 saturated carbocycles. The molecule has 0 aliphatic heterocycles. The van der Waals surface area contributed by atoms with Gasteiger partial charge in [0, 0.05) is 6.54 Å². The average Bonchev–Trinajstić information content (AvgIpc) is 2.35. The van der Waals surface area contributed by atoms with Crippen LogP contribution < -0.4 is 5.32 Å². The van der Waals surface area contributed by atoms with Gasteiger partial charge >= 0.3 is 0 Å². The number of β-amino-alcohol motifs (C(OH)–C–C–N with tert-alkyl or cyclic N) is 1. The molecule has 0 radical (unpaired) electrons. The van der Waals surface area contributed by atoms with Gasteiger partial charge in [-0.05, 0) is 26.7 Å². The minimum absolute atomic E-state index is 0.346. The van der Waals surface area contributed by atoms with E-state index in [1.165, 1.54) is 19.3 Å². The Balaban J connectivity index is 2.12. The maximum absolute atomic E-state index is 9.78. The van der Waals surface area contributed by atoms with Crippen LogP contribution in [0.1, 0.15) is 46.0 Å². The summed E-state index contributed by atoms with van der Waals surface area (Å²) in [5, 5.41) is 12.9. The molecule has 1 atom stereocenters. The van der Waals surface area contributed by atoms with Gasteiger partial charge in [0.1, 0.15) is 0 Å². The van der Waals surface area contributed by atoms with Crippen molar-refractivity contribution in [2.75, 3.05) is 13.2 Å². The lowest BCUT2D eigenvalue weighted by atomic mass is 9.98. The van der Waals surface area contributed by atoms with E-state index in [-0.39, 0.29) is 5.54 Å². The van der Waals surface area contributed by atoms with E-state index in [9.17, 15) is 5.11 Å². The standard InChI is InChI=1S/C14H25NO2/c1-4-14(2,3)15-10-12(16)11-17-13-8-6-5-7-9-13/h1,12-13,15-16H,5-11H2,2-3H3. The summed E-state index contributed by atoms with van der Waals surface area (Å²) in [6.07, 6.45) is 11.3. The Morgan fingerprint density at radius 2 is 2.06 bits per heavy atom. The molecule has 1 fully saturated rings. The zero-order valence-electron chi connectivity index (χ0n) is 11.0. The Labute approximate surface area is 105 Å². The van der Waals surface area contributed by atoms with E-state index in [2.05, 4.69) is 11.2 Å². The predicted molar refractivity (Wildman–Crippen MR) is 69.7 cm³/mol. The summed E-state index contributed by atoms with van der Waals surface area (Å²) in [4.78, 5) is 0. The minimum atomic E-state index is -0.482. The van der Waals surface area contributed by atoms with Crippen LogP contribution in [-0.4, -0.2) is 36.0 Å². The van der Waals surface area contributed by atoms with Crippen LogP contribution in [0.5, 0.6) is 0 Å². The van der Waals surface area contributed by atoms with E-state index in [0.29, 0.717) is 19.3 Å². The van der Waals surface area contributed by atoms with E-state index in [4.69, 9.17) is 11.2 Å². The van der Waals surface area contributed by atoms with E-state index >= 15 is 0 Å². The van der Waals surface area contributed by atoms with Crippen molar-refractivity contribution in [1.29, 1.82) is 0 Å². The fraction of sp³-hybridized carbons (Fsp3) is 0.857. The first kappa shape index (κ1) is 14.5. The van der Waals surface area contributed by atoms with Crippen LogP contribution in [0.3, 0.4) is 0 Å². The number of ether oxygens (including phenoxy) is 1. The topological polar surface area (TPSA) is 41.5 Å². The highest BCUT2D eigenvalue weighted by molar-refractivity contribution is 5.07. The Kier molecular flexibility index (Phi) is 5.97. The average molecular weight is 239 g/mol. The molecule has 1 unspecified atom stereocenters. The Hall–Kier alpha value is -0.560. The molecule has 2 N–H and O–H groups in total. The molecule has 0 amide bonds. The quantitative estimate of drug-likeness (QED) is 0.693. The maximum Gasteiger partial charge on any atom is 0.0898 e. The molecule has 0 saturated heterocycles. The highest BCUT2D eigenvalue weighted by Crippen LogP contribution is 2.20. The summed E-state index contributed by atoms with van der Waals surface area (Å²) in [5.41, 5.74) is -0.369. The molecule has 0 aromatic carbocycles. The Morgan fingerprint density at radius 3 is 2.65 bits per heavy atom. The van der Waals surface area contributed by atoms with Crippen LogP contribution in [0.2, 0.25) is 0 Å². The van der Waals surface area contributed by atoms with Gasteiger partial charge in [-0.2, -0.15) is 0 Å². The van der Waals surface area contributed by atoms with Gasteiger partial charge in [0.2, 0.25) is 0 Å². The van der Waals surface area contributed by atoms with E-state index in [1.54, 1.807) is 0 Å². The van der Waals surface area contributed by atoms with Gasteiger partial charge in [0.05, 0.1) is 24.4 Å². The van der Waals surface area contributed by atoms with Gasteiger partial charge in [0.15, 0.2) is 0 Å². The molecular weight excluding hydrogens is 214 g/mol. The van der Waals surface area contributed by atoms with Crippen molar-refractivity contribution in [3.8, 4) is 12.3 Å². The maximum atomic E-state index is 9.78. The Bertz CT molecular complexity index is 251. The molecule has 0 heterocycles. The second kappa shape index (κ2) is 7.00. The molecule has 1 aliphatic carbocycles. The molecule has 0 aromatic rings. The van der Waals surface area contributed by atoms with Crippen molar-refractivity contribution in [1.82, 2.24) is 5.32 Å². The van der Waals surface area contributed by atoms with Crippen molar-refractivity contribution < 1.29 is 9.84 Å². The van der Waals surface area contributed by atoms with Gasteiger partial charge in [-0.1, -0.05) is 25.2 Å². The summed E-state index contributed by atoms with van der Waals surface area (Å²) in [6, 6.07) is 0. The number of aliphatic hydroxyl groups excluding tert-OH is 1. The van der Waals surface area contributed by atoms with Gasteiger partial charge in [-0.25, -0.2) is 0 Å². The number of terminal acetylenes is 1. The minimum Gasteiger partial charge on any atom is -0.389 e. The smallest absolute Gasteiger partial charge is 0.0898 e. The van der Waals surface area contributed by atoms with Gasteiger partial charge in [0.25, 0.3) is 0 Å². The first-order valence-corrected chi connectivity index (χ1v) is 6.56. The molecular formula is C14H25NO2. The fourth-order valence-corrected chi connectivity index (χ4v) is 1.96. The second-order valence-corrected chi connectivity index (χ2v) is 5.40. The Morgan fingerprint density at radius 1 is 1.41 bits per heavy atom. The normalized spacial score (nSPS) is 19.9. The zero-order valence-corrected chi connectivity index (χ0v) is 11.0. The molecule has 98 valence electrons.